The topological polar surface area (TPSA) is 107 Å². The van der Waals surface area contributed by atoms with E-state index in [-0.39, 0.29) is 16.8 Å². The smallest absolute Gasteiger partial charge is 0.336 e. The van der Waals surface area contributed by atoms with Gasteiger partial charge in [0.15, 0.2) is 0 Å². The number of fused-ring (bicyclic) bond motifs is 1. The molecule has 1 atom stereocenters. The van der Waals surface area contributed by atoms with E-state index in [1.165, 1.54) is 23.1 Å². The summed E-state index contributed by atoms with van der Waals surface area (Å²) in [7, 11) is 0. The molecule has 1 aliphatic heterocycles. The van der Waals surface area contributed by atoms with Crippen molar-refractivity contribution in [2.75, 3.05) is 16.8 Å². The van der Waals surface area contributed by atoms with Crippen LogP contribution in [0.25, 0.3) is 11.1 Å². The lowest BCUT2D eigenvalue weighted by Gasteiger charge is -2.24. The monoisotopic (exact) mass is 554 g/mol. The van der Waals surface area contributed by atoms with E-state index in [9.17, 15) is 24.6 Å². The molecule has 0 fully saturated rings. The van der Waals surface area contributed by atoms with Crippen LogP contribution in [0, 0.1) is 6.92 Å². The molecule has 0 aromatic heterocycles. The third kappa shape index (κ3) is 5.47. The van der Waals surface area contributed by atoms with Gasteiger partial charge in [-0.3, -0.25) is 9.59 Å². The number of benzene rings is 4. The molecular weight excluding hydrogens is 528 g/mol. The molecule has 2 amide bonds. The summed E-state index contributed by atoms with van der Waals surface area (Å²) >= 11 is 6.13. The fourth-order valence-electron chi connectivity index (χ4n) is 4.96. The van der Waals surface area contributed by atoms with Gasteiger partial charge in [-0.15, -0.1) is 0 Å². The Labute approximate surface area is 236 Å². The number of carboxylic acid groups (broad SMARTS) is 1. The number of aryl methyl sites for hydroxylation is 1. The second kappa shape index (κ2) is 11.3. The molecule has 0 saturated heterocycles. The Morgan fingerprint density at radius 3 is 2.40 bits per heavy atom. The number of carbonyl (C=O) groups is 3. The standard InChI is InChI=1S/C32H27ClN2O5/c1-19-8-10-20(11-9-19)23-5-2-3-6-24(23)30(37)34-22-13-14-25(26(18-22)32(39)40)31(38)35-16-4-7-29(36)27-17-21(33)12-15-28(27)35/h2-3,5-6,8-15,17-18,29,36H,4,7,16H2,1H3,(H,34,37)(H,39,40). The van der Waals surface area contributed by atoms with Crippen molar-refractivity contribution in [3.05, 3.63) is 118 Å². The van der Waals surface area contributed by atoms with E-state index in [1.807, 2.05) is 43.3 Å². The number of carboxylic acids is 1. The molecule has 1 heterocycles. The van der Waals surface area contributed by atoms with Crippen LogP contribution in [0.3, 0.4) is 0 Å². The van der Waals surface area contributed by atoms with E-state index < -0.39 is 23.9 Å². The van der Waals surface area contributed by atoms with Crippen molar-refractivity contribution in [3.8, 4) is 11.1 Å². The molecule has 40 heavy (non-hydrogen) atoms. The molecule has 0 saturated carbocycles. The number of aliphatic hydroxyl groups excluding tert-OH is 1. The van der Waals surface area contributed by atoms with E-state index in [1.54, 1.807) is 30.3 Å². The molecule has 0 aliphatic carbocycles. The third-order valence-corrected chi connectivity index (χ3v) is 7.25. The molecule has 4 aromatic rings. The predicted octanol–water partition coefficient (Wildman–Crippen LogP) is 6.74. The molecule has 0 radical (unpaired) electrons. The lowest BCUT2D eigenvalue weighted by molar-refractivity contribution is 0.0691. The van der Waals surface area contributed by atoms with Crippen molar-refractivity contribution in [2.45, 2.75) is 25.9 Å². The summed E-state index contributed by atoms with van der Waals surface area (Å²) in [5.74, 6) is -2.22. The van der Waals surface area contributed by atoms with E-state index in [0.29, 0.717) is 41.2 Å². The van der Waals surface area contributed by atoms with Gasteiger partial charge in [0, 0.05) is 34.1 Å². The van der Waals surface area contributed by atoms with E-state index in [0.717, 1.165) is 16.7 Å². The van der Waals surface area contributed by atoms with Gasteiger partial charge in [-0.05, 0) is 73.4 Å². The van der Waals surface area contributed by atoms with Crippen LogP contribution < -0.4 is 10.2 Å². The molecular formula is C32H27ClN2O5. The number of halogens is 1. The van der Waals surface area contributed by atoms with Crippen LogP contribution in [-0.2, 0) is 0 Å². The van der Waals surface area contributed by atoms with Crippen molar-refractivity contribution in [3.63, 3.8) is 0 Å². The molecule has 0 bridgehead atoms. The van der Waals surface area contributed by atoms with Crippen LogP contribution in [-0.4, -0.2) is 34.5 Å². The van der Waals surface area contributed by atoms with Crippen LogP contribution >= 0.6 is 11.6 Å². The molecule has 1 aliphatic rings. The maximum absolute atomic E-state index is 13.7. The molecule has 4 aromatic carbocycles. The molecule has 5 rings (SSSR count). The van der Waals surface area contributed by atoms with Crippen molar-refractivity contribution in [1.29, 1.82) is 0 Å². The van der Waals surface area contributed by atoms with Crippen LogP contribution in [0.5, 0.6) is 0 Å². The van der Waals surface area contributed by atoms with Gasteiger partial charge in [-0.2, -0.15) is 0 Å². The first kappa shape index (κ1) is 27.1. The second-order valence-electron chi connectivity index (χ2n) is 9.75. The minimum atomic E-state index is -1.30. The Morgan fingerprint density at radius 2 is 1.65 bits per heavy atom. The summed E-state index contributed by atoms with van der Waals surface area (Å²) in [4.78, 5) is 40.7. The molecule has 8 heteroatoms. The number of hydrogen-bond donors (Lipinski definition) is 3. The molecule has 1 unspecified atom stereocenters. The molecule has 202 valence electrons. The summed E-state index contributed by atoms with van der Waals surface area (Å²) in [5.41, 5.74) is 4.15. The van der Waals surface area contributed by atoms with Crippen molar-refractivity contribution >= 4 is 40.8 Å². The highest BCUT2D eigenvalue weighted by Crippen LogP contribution is 2.36. The van der Waals surface area contributed by atoms with Crippen molar-refractivity contribution in [2.24, 2.45) is 0 Å². The maximum atomic E-state index is 13.7. The SMILES string of the molecule is Cc1ccc(-c2ccccc2C(=O)Nc2ccc(C(=O)N3CCCC(O)c4cc(Cl)ccc43)c(C(=O)O)c2)cc1. The normalized spacial score (nSPS) is 14.7. The Balaban J connectivity index is 1.45. The minimum Gasteiger partial charge on any atom is -0.478 e. The average Bonchev–Trinajstić information content (AvgIpc) is 3.11. The van der Waals surface area contributed by atoms with Gasteiger partial charge in [-0.25, -0.2) is 4.79 Å². The zero-order valence-corrected chi connectivity index (χ0v) is 22.5. The van der Waals surface area contributed by atoms with E-state index >= 15 is 0 Å². The van der Waals surface area contributed by atoms with Gasteiger partial charge in [0.05, 0.1) is 17.2 Å². The zero-order valence-electron chi connectivity index (χ0n) is 21.7. The minimum absolute atomic E-state index is 0.0251. The van der Waals surface area contributed by atoms with Gasteiger partial charge in [0.2, 0.25) is 0 Å². The van der Waals surface area contributed by atoms with Crippen LogP contribution in [0.4, 0.5) is 11.4 Å². The number of nitrogens with zero attached hydrogens (tertiary/aromatic N) is 1. The quantitative estimate of drug-likeness (QED) is 0.253. The number of aliphatic hydroxyl groups is 1. The second-order valence-corrected chi connectivity index (χ2v) is 10.2. The summed E-state index contributed by atoms with van der Waals surface area (Å²) in [6, 6.07) is 24.1. The van der Waals surface area contributed by atoms with Crippen LogP contribution in [0.2, 0.25) is 5.02 Å². The number of aromatic carboxylic acids is 1. The first-order valence-corrected chi connectivity index (χ1v) is 13.2. The first-order chi connectivity index (χ1) is 19.2. The Hall–Kier alpha value is -4.46. The zero-order chi connectivity index (χ0) is 28.4. The fourth-order valence-corrected chi connectivity index (χ4v) is 5.14. The fraction of sp³-hybridized carbons (Fsp3) is 0.156. The molecule has 7 nitrogen and oxygen atoms in total. The number of anilines is 2. The highest BCUT2D eigenvalue weighted by molar-refractivity contribution is 6.30. The van der Waals surface area contributed by atoms with Gasteiger partial charge >= 0.3 is 5.97 Å². The first-order valence-electron chi connectivity index (χ1n) is 12.9. The summed E-state index contributed by atoms with van der Waals surface area (Å²) in [6.07, 6.45) is 0.180. The Bertz CT molecular complexity index is 1620. The van der Waals surface area contributed by atoms with Gasteiger partial charge in [-0.1, -0.05) is 59.6 Å². The van der Waals surface area contributed by atoms with Crippen molar-refractivity contribution in [1.82, 2.24) is 0 Å². The van der Waals surface area contributed by atoms with E-state index in [4.69, 9.17) is 11.6 Å². The highest BCUT2D eigenvalue weighted by atomic mass is 35.5. The van der Waals surface area contributed by atoms with Crippen molar-refractivity contribution < 1.29 is 24.6 Å². The average molecular weight is 555 g/mol. The summed E-state index contributed by atoms with van der Waals surface area (Å²) in [6.45, 7) is 2.29. The lowest BCUT2D eigenvalue weighted by Crippen LogP contribution is -2.33. The Morgan fingerprint density at radius 1 is 0.900 bits per heavy atom. The number of rotatable bonds is 5. The Kier molecular flexibility index (Phi) is 7.69. The summed E-state index contributed by atoms with van der Waals surface area (Å²) in [5, 5.41) is 23.8. The summed E-state index contributed by atoms with van der Waals surface area (Å²) < 4.78 is 0. The lowest BCUT2D eigenvalue weighted by atomic mass is 9.98. The van der Waals surface area contributed by atoms with Gasteiger partial charge in [0.25, 0.3) is 11.8 Å². The molecule has 3 N–H and O–H groups in total. The molecule has 0 spiro atoms. The number of carbonyl (C=O) groups excluding carboxylic acids is 2. The highest BCUT2D eigenvalue weighted by Gasteiger charge is 2.29. The van der Waals surface area contributed by atoms with Gasteiger partial charge in [0.1, 0.15) is 0 Å². The van der Waals surface area contributed by atoms with Gasteiger partial charge < -0.3 is 20.4 Å². The number of amides is 2. The largest absolute Gasteiger partial charge is 0.478 e. The van der Waals surface area contributed by atoms with Crippen LogP contribution in [0.1, 0.15) is 61.1 Å². The van der Waals surface area contributed by atoms with E-state index in [2.05, 4.69) is 5.32 Å². The third-order valence-electron chi connectivity index (χ3n) is 7.02. The predicted molar refractivity (Wildman–Crippen MR) is 155 cm³/mol. The number of hydrogen-bond acceptors (Lipinski definition) is 4. The maximum Gasteiger partial charge on any atom is 0.336 e. The van der Waals surface area contributed by atoms with Crippen LogP contribution in [0.15, 0.2) is 84.9 Å². The number of nitrogens with one attached hydrogen (secondary N) is 1.